The third kappa shape index (κ3) is 3.86. The molecule has 0 bridgehead atoms. The maximum atomic E-state index is 12.8. The van der Waals surface area contributed by atoms with Gasteiger partial charge in [0.2, 0.25) is 5.91 Å². The van der Waals surface area contributed by atoms with Crippen LogP contribution in [0.5, 0.6) is 5.75 Å². The molecule has 3 rings (SSSR count). The van der Waals surface area contributed by atoms with E-state index in [0.717, 1.165) is 15.6 Å². The van der Waals surface area contributed by atoms with Crippen molar-refractivity contribution in [3.05, 3.63) is 40.1 Å². The Balaban J connectivity index is 1.89. The topological polar surface area (TPSA) is 117 Å². The highest BCUT2D eigenvalue weighted by molar-refractivity contribution is 9.10. The van der Waals surface area contributed by atoms with Crippen molar-refractivity contribution in [3.63, 3.8) is 0 Å². The van der Waals surface area contributed by atoms with Crippen LogP contribution in [0.25, 0.3) is 0 Å². The van der Waals surface area contributed by atoms with E-state index < -0.39 is 28.2 Å². The molecule has 1 aromatic heterocycles. The number of phenols is 1. The molecule has 1 saturated heterocycles. The number of anilines is 1. The summed E-state index contributed by atoms with van der Waals surface area (Å²) in [5.41, 5.74) is 1.74. The molecule has 146 valence electrons. The molecule has 2 aromatic rings. The first-order valence-corrected chi connectivity index (χ1v) is 10.4. The molecule has 1 aliphatic rings. The molecule has 9 nitrogen and oxygen atoms in total. The van der Waals surface area contributed by atoms with Crippen molar-refractivity contribution >= 4 is 37.7 Å². The van der Waals surface area contributed by atoms with E-state index in [1.165, 1.54) is 13.1 Å². The van der Waals surface area contributed by atoms with Crippen LogP contribution in [0.15, 0.2) is 28.9 Å². The average molecular weight is 458 g/mol. The van der Waals surface area contributed by atoms with Gasteiger partial charge in [-0.25, -0.2) is 0 Å². The summed E-state index contributed by atoms with van der Waals surface area (Å²) in [5, 5.41) is 16.7. The van der Waals surface area contributed by atoms with Crippen LogP contribution >= 0.6 is 15.9 Å². The number of halogens is 1. The number of rotatable bonds is 3. The fourth-order valence-electron chi connectivity index (χ4n) is 3.00. The summed E-state index contributed by atoms with van der Waals surface area (Å²) in [6, 6.07) is 3.09. The van der Waals surface area contributed by atoms with Crippen LogP contribution in [-0.2, 0) is 22.1 Å². The van der Waals surface area contributed by atoms with Crippen LogP contribution < -0.4 is 10.0 Å². The van der Waals surface area contributed by atoms with Crippen LogP contribution in [0.3, 0.4) is 0 Å². The lowest BCUT2D eigenvalue weighted by Crippen LogP contribution is -2.56. The molecule has 2 atom stereocenters. The van der Waals surface area contributed by atoms with Crippen molar-refractivity contribution in [2.24, 2.45) is 7.05 Å². The van der Waals surface area contributed by atoms with Gasteiger partial charge in [0.25, 0.3) is 10.2 Å². The van der Waals surface area contributed by atoms with Crippen LogP contribution in [0.1, 0.15) is 23.7 Å². The number of nitrogens with zero attached hydrogens (tertiary/aromatic N) is 3. The van der Waals surface area contributed by atoms with Gasteiger partial charge < -0.3 is 10.4 Å². The Kier molecular flexibility index (Phi) is 5.30. The first-order chi connectivity index (χ1) is 12.6. The molecule has 0 aliphatic carbocycles. The maximum Gasteiger partial charge on any atom is 0.280 e. The second-order valence-electron chi connectivity index (χ2n) is 6.40. The summed E-state index contributed by atoms with van der Waals surface area (Å²) in [7, 11) is -0.744. The number of hydrogen-bond donors (Lipinski definition) is 3. The lowest BCUT2D eigenvalue weighted by atomic mass is 10.00. The highest BCUT2D eigenvalue weighted by Gasteiger charge is 2.41. The average Bonchev–Trinajstić information content (AvgIpc) is 2.92. The number of likely N-dealkylation sites (N-methyl/N-ethyl adjacent to an activating group) is 1. The van der Waals surface area contributed by atoms with E-state index in [4.69, 9.17) is 0 Å². The van der Waals surface area contributed by atoms with Crippen molar-refractivity contribution in [3.8, 4) is 5.75 Å². The van der Waals surface area contributed by atoms with Crippen LogP contribution in [-0.4, -0.2) is 46.6 Å². The van der Waals surface area contributed by atoms with Crippen molar-refractivity contribution in [2.75, 3.05) is 12.4 Å². The van der Waals surface area contributed by atoms with Gasteiger partial charge in [-0.15, -0.1) is 0 Å². The number of hydrogen-bond acceptors (Lipinski definition) is 5. The quantitative estimate of drug-likeness (QED) is 0.602. The summed E-state index contributed by atoms with van der Waals surface area (Å²) in [4.78, 5) is 12.8. The number of benzene rings is 1. The number of nitrogens with one attached hydrogen (secondary N) is 2. The molecule has 0 saturated carbocycles. The van der Waals surface area contributed by atoms with Gasteiger partial charge in [-0.05, 0) is 31.5 Å². The molecule has 1 amide bonds. The minimum atomic E-state index is -3.86. The van der Waals surface area contributed by atoms with Gasteiger partial charge in [0, 0.05) is 29.8 Å². The molecule has 0 unspecified atom stereocenters. The van der Waals surface area contributed by atoms with E-state index in [1.54, 1.807) is 30.1 Å². The van der Waals surface area contributed by atoms with Gasteiger partial charge in [-0.3, -0.25) is 9.48 Å². The number of carbonyl (C=O) groups excluding carboxylic acids is 1. The summed E-state index contributed by atoms with van der Waals surface area (Å²) in [5.74, 6) is -0.631. The SMILES string of the molecule is Cc1c([C@@H]2C[C@@H](C(=O)Nc3cc(Br)ccc3O)N(C)S(=O)(=O)N2)cnn1C. The highest BCUT2D eigenvalue weighted by Crippen LogP contribution is 2.31. The number of phenolic OH excluding ortho intramolecular Hbond substituents is 1. The summed E-state index contributed by atoms with van der Waals surface area (Å²) in [6.07, 6.45) is 1.83. The third-order valence-corrected chi connectivity index (χ3v) is 6.82. The molecule has 27 heavy (non-hydrogen) atoms. The zero-order chi connectivity index (χ0) is 19.9. The van der Waals surface area contributed by atoms with E-state index in [-0.39, 0.29) is 17.9 Å². The Bertz CT molecular complexity index is 991. The molecule has 2 heterocycles. The van der Waals surface area contributed by atoms with Crippen molar-refractivity contribution in [2.45, 2.75) is 25.4 Å². The number of aromatic nitrogens is 2. The zero-order valence-corrected chi connectivity index (χ0v) is 17.4. The first kappa shape index (κ1) is 19.8. The normalized spacial score (nSPS) is 22.5. The lowest BCUT2D eigenvalue weighted by molar-refractivity contribution is -0.120. The minimum Gasteiger partial charge on any atom is -0.506 e. The molecule has 11 heteroatoms. The Morgan fingerprint density at radius 3 is 2.74 bits per heavy atom. The standard InChI is InChI=1S/C16H20BrN5O4S/c1-9-11(8-18-21(9)2)12-7-14(22(3)27(25,26)20-12)16(24)19-13-6-10(17)4-5-15(13)23/h4-6,8,12,14,20,23H,7H2,1-3H3,(H,19,24)/t12-,14-/m0/s1. The van der Waals surface area contributed by atoms with E-state index in [1.807, 2.05) is 6.92 Å². The minimum absolute atomic E-state index is 0.106. The van der Waals surface area contributed by atoms with Gasteiger partial charge >= 0.3 is 0 Å². The fraction of sp³-hybridized carbons (Fsp3) is 0.375. The van der Waals surface area contributed by atoms with Crippen LogP contribution in [0.4, 0.5) is 5.69 Å². The van der Waals surface area contributed by atoms with E-state index >= 15 is 0 Å². The van der Waals surface area contributed by atoms with Crippen molar-refractivity contribution < 1.29 is 18.3 Å². The number of aryl methyl sites for hydroxylation is 1. The van der Waals surface area contributed by atoms with E-state index in [0.29, 0.717) is 4.47 Å². The Morgan fingerprint density at radius 2 is 2.11 bits per heavy atom. The predicted octanol–water partition coefficient (Wildman–Crippen LogP) is 1.41. The maximum absolute atomic E-state index is 12.8. The monoisotopic (exact) mass is 457 g/mol. The molecular weight excluding hydrogens is 438 g/mol. The van der Waals surface area contributed by atoms with Gasteiger partial charge in [-0.1, -0.05) is 15.9 Å². The molecule has 1 aliphatic heterocycles. The van der Waals surface area contributed by atoms with Gasteiger partial charge in [0.1, 0.15) is 11.8 Å². The Labute approximate surface area is 165 Å². The van der Waals surface area contributed by atoms with Crippen molar-refractivity contribution in [1.29, 1.82) is 0 Å². The zero-order valence-electron chi connectivity index (χ0n) is 15.0. The Hall–Kier alpha value is -1.95. The lowest BCUT2D eigenvalue weighted by Gasteiger charge is -2.36. The highest BCUT2D eigenvalue weighted by atomic mass is 79.9. The second-order valence-corrected chi connectivity index (χ2v) is 9.08. The fourth-order valence-corrected chi connectivity index (χ4v) is 4.62. The summed E-state index contributed by atoms with van der Waals surface area (Å²) < 4.78 is 31.0. The van der Waals surface area contributed by atoms with Gasteiger partial charge in [0.05, 0.1) is 17.9 Å². The predicted molar refractivity (Wildman–Crippen MR) is 103 cm³/mol. The van der Waals surface area contributed by atoms with E-state index in [2.05, 4.69) is 31.1 Å². The number of amides is 1. The first-order valence-electron chi connectivity index (χ1n) is 8.13. The summed E-state index contributed by atoms with van der Waals surface area (Å²) >= 11 is 3.27. The second kappa shape index (κ2) is 7.23. The molecular formula is C16H20BrN5O4S. The van der Waals surface area contributed by atoms with E-state index in [9.17, 15) is 18.3 Å². The summed E-state index contributed by atoms with van der Waals surface area (Å²) in [6.45, 7) is 1.84. The van der Waals surface area contributed by atoms with Crippen LogP contribution in [0, 0.1) is 6.92 Å². The molecule has 1 fully saturated rings. The molecule has 0 radical (unpaired) electrons. The third-order valence-electron chi connectivity index (χ3n) is 4.74. The van der Waals surface area contributed by atoms with Crippen LogP contribution in [0.2, 0.25) is 0 Å². The number of aromatic hydroxyl groups is 1. The largest absolute Gasteiger partial charge is 0.506 e. The number of carbonyl (C=O) groups is 1. The van der Waals surface area contributed by atoms with Crippen molar-refractivity contribution in [1.82, 2.24) is 18.8 Å². The van der Waals surface area contributed by atoms with Gasteiger partial charge in [0.15, 0.2) is 0 Å². The smallest absolute Gasteiger partial charge is 0.280 e. The Morgan fingerprint density at radius 1 is 1.41 bits per heavy atom. The molecule has 1 aromatic carbocycles. The molecule has 0 spiro atoms. The molecule has 3 N–H and O–H groups in total. The van der Waals surface area contributed by atoms with Gasteiger partial charge in [-0.2, -0.15) is 22.5 Å².